The van der Waals surface area contributed by atoms with Crippen LogP contribution in [-0.2, 0) is 13.1 Å². The molecule has 33 heavy (non-hydrogen) atoms. The quantitative estimate of drug-likeness (QED) is 0.431. The van der Waals surface area contributed by atoms with Gasteiger partial charge in [0.1, 0.15) is 18.6 Å². The van der Waals surface area contributed by atoms with E-state index in [2.05, 4.69) is 9.88 Å². The Morgan fingerprint density at radius 2 is 2.03 bits per heavy atom. The third kappa shape index (κ3) is 4.98. The standard InChI is InChI=1S/C22H23FN6O4/c1-26(2)21(30)17-12-15(6-7-18(17)23)19-5-3-4-16(24-19)13-27-8-9-28-14-20(29(31)32)25-22(28)33-11-10-27/h3-7,12,14H,8-11,13H2,1-2H3. The number of benzene rings is 1. The van der Waals surface area contributed by atoms with Crippen LogP contribution in [0, 0.1) is 15.9 Å². The molecule has 172 valence electrons. The lowest BCUT2D eigenvalue weighted by Crippen LogP contribution is -2.33. The van der Waals surface area contributed by atoms with E-state index in [1.807, 2.05) is 18.2 Å². The summed E-state index contributed by atoms with van der Waals surface area (Å²) in [6.07, 6.45) is 1.37. The topological polar surface area (TPSA) is 107 Å². The molecule has 1 amide bonds. The summed E-state index contributed by atoms with van der Waals surface area (Å²) in [6.45, 7) is 2.60. The SMILES string of the molecule is CN(C)C(=O)c1cc(-c2cccc(CN3CCOc4nc([N+](=O)[O-])cn4CC3)n2)ccc1F. The highest BCUT2D eigenvalue weighted by Gasteiger charge is 2.23. The molecular formula is C22H23FN6O4. The third-order valence-electron chi connectivity index (χ3n) is 5.30. The van der Waals surface area contributed by atoms with Crippen LogP contribution in [0.2, 0.25) is 0 Å². The molecule has 0 saturated heterocycles. The summed E-state index contributed by atoms with van der Waals surface area (Å²) < 4.78 is 21.4. The number of rotatable bonds is 5. The monoisotopic (exact) mass is 454 g/mol. The first-order chi connectivity index (χ1) is 15.8. The fraction of sp³-hybridized carbons (Fsp3) is 0.318. The average molecular weight is 454 g/mol. The number of imidazole rings is 1. The van der Waals surface area contributed by atoms with E-state index >= 15 is 0 Å². The highest BCUT2D eigenvalue weighted by Crippen LogP contribution is 2.23. The summed E-state index contributed by atoms with van der Waals surface area (Å²) in [6, 6.07) is 10.2. The van der Waals surface area contributed by atoms with Gasteiger partial charge in [-0.15, -0.1) is 0 Å². The maximum atomic E-state index is 14.2. The molecule has 1 aliphatic heterocycles. The van der Waals surface area contributed by atoms with E-state index in [1.54, 1.807) is 24.7 Å². The molecule has 2 aromatic heterocycles. The Morgan fingerprint density at radius 1 is 1.21 bits per heavy atom. The molecule has 0 bridgehead atoms. The summed E-state index contributed by atoms with van der Waals surface area (Å²) in [5.74, 6) is -1.22. The number of fused-ring (bicyclic) bond motifs is 1. The first kappa shape index (κ1) is 22.3. The van der Waals surface area contributed by atoms with E-state index in [0.29, 0.717) is 44.0 Å². The number of carbonyl (C=O) groups is 1. The van der Waals surface area contributed by atoms with Gasteiger partial charge in [0, 0.05) is 50.8 Å². The van der Waals surface area contributed by atoms with Gasteiger partial charge in [-0.3, -0.25) is 19.2 Å². The Morgan fingerprint density at radius 3 is 2.79 bits per heavy atom. The molecule has 1 aliphatic rings. The molecule has 3 heterocycles. The van der Waals surface area contributed by atoms with E-state index in [9.17, 15) is 19.3 Å². The molecule has 0 spiro atoms. The Labute approximate surface area is 189 Å². The molecule has 0 aliphatic carbocycles. The number of nitrogens with zero attached hydrogens (tertiary/aromatic N) is 6. The smallest absolute Gasteiger partial charge is 0.414 e. The highest BCUT2D eigenvalue weighted by molar-refractivity contribution is 5.95. The van der Waals surface area contributed by atoms with Gasteiger partial charge in [-0.1, -0.05) is 6.07 Å². The Balaban J connectivity index is 1.50. The van der Waals surface area contributed by atoms with Gasteiger partial charge in [0.2, 0.25) is 0 Å². The third-order valence-corrected chi connectivity index (χ3v) is 5.30. The largest absolute Gasteiger partial charge is 0.444 e. The fourth-order valence-electron chi connectivity index (χ4n) is 3.58. The Bertz CT molecular complexity index is 1200. The number of ether oxygens (including phenoxy) is 1. The number of pyridine rings is 1. The minimum Gasteiger partial charge on any atom is -0.444 e. The number of amides is 1. The van der Waals surface area contributed by atoms with Crippen molar-refractivity contribution in [2.75, 3.05) is 33.8 Å². The van der Waals surface area contributed by atoms with E-state index in [4.69, 9.17) is 9.72 Å². The van der Waals surface area contributed by atoms with Crippen molar-refractivity contribution in [3.05, 3.63) is 69.8 Å². The molecule has 0 N–H and O–H groups in total. The minimum absolute atomic E-state index is 0.00384. The molecule has 0 unspecified atom stereocenters. The summed E-state index contributed by atoms with van der Waals surface area (Å²) in [4.78, 5) is 34.8. The summed E-state index contributed by atoms with van der Waals surface area (Å²) in [5, 5.41) is 11.0. The van der Waals surface area contributed by atoms with Crippen LogP contribution in [0.25, 0.3) is 11.3 Å². The van der Waals surface area contributed by atoms with Crippen LogP contribution in [-0.4, -0.2) is 69.0 Å². The molecule has 0 saturated carbocycles. The second-order valence-corrected chi connectivity index (χ2v) is 7.87. The van der Waals surface area contributed by atoms with Crippen LogP contribution in [0.15, 0.2) is 42.6 Å². The number of aromatic nitrogens is 3. The second kappa shape index (κ2) is 9.33. The summed E-state index contributed by atoms with van der Waals surface area (Å²) >= 11 is 0. The van der Waals surface area contributed by atoms with E-state index < -0.39 is 16.6 Å². The predicted octanol–water partition coefficient (Wildman–Crippen LogP) is 2.59. The van der Waals surface area contributed by atoms with Gasteiger partial charge in [0.15, 0.2) is 0 Å². The van der Waals surface area contributed by atoms with Gasteiger partial charge >= 0.3 is 11.8 Å². The van der Waals surface area contributed by atoms with Gasteiger partial charge in [-0.25, -0.2) is 4.39 Å². The van der Waals surface area contributed by atoms with Crippen LogP contribution in [0.3, 0.4) is 0 Å². The van der Waals surface area contributed by atoms with Crippen molar-refractivity contribution >= 4 is 11.7 Å². The number of hydrogen-bond donors (Lipinski definition) is 0. The zero-order chi connectivity index (χ0) is 23.5. The van der Waals surface area contributed by atoms with Crippen LogP contribution in [0.5, 0.6) is 6.01 Å². The molecule has 0 fully saturated rings. The van der Waals surface area contributed by atoms with Crippen molar-refractivity contribution in [3.63, 3.8) is 0 Å². The van der Waals surface area contributed by atoms with Crippen molar-refractivity contribution in [1.29, 1.82) is 0 Å². The van der Waals surface area contributed by atoms with Crippen molar-refractivity contribution in [2.45, 2.75) is 13.1 Å². The van der Waals surface area contributed by atoms with Gasteiger partial charge in [-0.05, 0) is 35.3 Å². The van der Waals surface area contributed by atoms with E-state index in [0.717, 1.165) is 5.69 Å². The van der Waals surface area contributed by atoms with E-state index in [-0.39, 0.29) is 17.4 Å². The molecule has 3 aromatic rings. The van der Waals surface area contributed by atoms with Crippen LogP contribution >= 0.6 is 0 Å². The summed E-state index contributed by atoms with van der Waals surface area (Å²) in [7, 11) is 3.15. The van der Waals surface area contributed by atoms with Crippen molar-refractivity contribution in [3.8, 4) is 17.3 Å². The molecule has 1 aromatic carbocycles. The van der Waals surface area contributed by atoms with Crippen molar-refractivity contribution in [2.24, 2.45) is 0 Å². The maximum Gasteiger partial charge on any atom is 0.414 e. The normalized spacial score (nSPS) is 14.0. The van der Waals surface area contributed by atoms with E-state index in [1.165, 1.54) is 23.2 Å². The lowest BCUT2D eigenvalue weighted by molar-refractivity contribution is -0.389. The number of hydrogen-bond acceptors (Lipinski definition) is 7. The number of halogens is 1. The fourth-order valence-corrected chi connectivity index (χ4v) is 3.58. The van der Waals surface area contributed by atoms with Gasteiger partial charge < -0.3 is 19.8 Å². The van der Waals surface area contributed by atoms with Crippen molar-refractivity contribution in [1.82, 2.24) is 24.3 Å². The first-order valence-electron chi connectivity index (χ1n) is 10.4. The van der Waals surface area contributed by atoms with Gasteiger partial charge in [0.25, 0.3) is 5.91 Å². The Kier molecular flexibility index (Phi) is 6.31. The average Bonchev–Trinajstić information content (AvgIpc) is 3.18. The zero-order valence-corrected chi connectivity index (χ0v) is 18.3. The Hall–Kier alpha value is -3.86. The summed E-state index contributed by atoms with van der Waals surface area (Å²) in [5.41, 5.74) is 2.08. The van der Waals surface area contributed by atoms with Gasteiger partial charge in [0.05, 0.1) is 17.0 Å². The lowest BCUT2D eigenvalue weighted by atomic mass is 10.1. The second-order valence-electron chi connectivity index (χ2n) is 7.87. The molecule has 11 heteroatoms. The molecule has 10 nitrogen and oxygen atoms in total. The maximum absolute atomic E-state index is 14.2. The van der Waals surface area contributed by atoms with Crippen LogP contribution in [0.4, 0.5) is 10.2 Å². The minimum atomic E-state index is -0.576. The van der Waals surface area contributed by atoms with Crippen LogP contribution in [0.1, 0.15) is 16.1 Å². The molecule has 0 atom stereocenters. The van der Waals surface area contributed by atoms with Crippen molar-refractivity contribution < 1.29 is 18.8 Å². The molecule has 0 radical (unpaired) electrons. The number of carbonyl (C=O) groups excluding carboxylic acids is 1. The van der Waals surface area contributed by atoms with Crippen LogP contribution < -0.4 is 4.74 Å². The molecular weight excluding hydrogens is 431 g/mol. The molecule has 4 rings (SSSR count). The highest BCUT2D eigenvalue weighted by atomic mass is 19.1. The lowest BCUT2D eigenvalue weighted by Gasteiger charge is -2.24. The van der Waals surface area contributed by atoms with Gasteiger partial charge in [-0.2, -0.15) is 0 Å². The predicted molar refractivity (Wildman–Crippen MR) is 117 cm³/mol. The zero-order valence-electron chi connectivity index (χ0n) is 18.3. The first-order valence-corrected chi connectivity index (χ1v) is 10.4. The number of nitro groups is 1.